The van der Waals surface area contributed by atoms with Gasteiger partial charge in [0, 0.05) is 6.54 Å². The molecule has 6 heteroatoms. The Morgan fingerprint density at radius 2 is 1.69 bits per heavy atom. The molecule has 0 spiro atoms. The number of alkyl halides is 3. The van der Waals surface area contributed by atoms with Gasteiger partial charge in [0.2, 0.25) is 0 Å². The Balaban J connectivity index is 2.48. The van der Waals surface area contributed by atoms with Gasteiger partial charge < -0.3 is 10.8 Å². The molecule has 0 bridgehead atoms. The molecule has 0 heterocycles. The third-order valence-corrected chi connectivity index (χ3v) is 4.20. The van der Waals surface area contributed by atoms with E-state index >= 15 is 0 Å². The van der Waals surface area contributed by atoms with Crippen molar-refractivity contribution in [1.82, 2.24) is 0 Å². The Hall–Kier alpha value is -2.34. The van der Waals surface area contributed by atoms with E-state index in [2.05, 4.69) is 0 Å². The van der Waals surface area contributed by atoms with E-state index in [9.17, 15) is 23.1 Å². The number of carbonyl (C=O) groups is 1. The molecule has 0 saturated carbocycles. The molecule has 140 valence electrons. The van der Waals surface area contributed by atoms with Crippen LogP contribution in [0.3, 0.4) is 0 Å². The standard InChI is InChI=1S/C20H22F3NO2/c1-12(2)7-18(19(25)26)16-9-13(11-24)8-15(10-16)14-3-5-17(6-4-14)20(21,22)23/h3-6,8-10,12,18H,7,11,24H2,1-2H3,(H,25,26). The second kappa shape index (κ2) is 7.91. The molecule has 3 nitrogen and oxygen atoms in total. The number of halogens is 3. The first-order valence-corrected chi connectivity index (χ1v) is 8.36. The summed E-state index contributed by atoms with van der Waals surface area (Å²) >= 11 is 0. The molecule has 1 atom stereocenters. The lowest BCUT2D eigenvalue weighted by Crippen LogP contribution is -2.15. The Morgan fingerprint density at radius 1 is 1.08 bits per heavy atom. The van der Waals surface area contributed by atoms with Gasteiger partial charge in [0.05, 0.1) is 11.5 Å². The highest BCUT2D eigenvalue weighted by Crippen LogP contribution is 2.33. The van der Waals surface area contributed by atoms with Gasteiger partial charge in [-0.3, -0.25) is 4.79 Å². The SMILES string of the molecule is CC(C)CC(C(=O)O)c1cc(CN)cc(-c2ccc(C(F)(F)F)cc2)c1. The molecule has 0 aliphatic carbocycles. The lowest BCUT2D eigenvalue weighted by Gasteiger charge is -2.18. The summed E-state index contributed by atoms with van der Waals surface area (Å²) in [5, 5.41) is 9.57. The van der Waals surface area contributed by atoms with Crippen molar-refractivity contribution in [3.63, 3.8) is 0 Å². The minimum atomic E-state index is -4.39. The normalized spacial score (nSPS) is 13.0. The number of aliphatic carboxylic acids is 1. The van der Waals surface area contributed by atoms with Crippen LogP contribution in [0.5, 0.6) is 0 Å². The minimum absolute atomic E-state index is 0.187. The molecule has 0 aliphatic rings. The van der Waals surface area contributed by atoms with Crippen LogP contribution in [0, 0.1) is 5.92 Å². The topological polar surface area (TPSA) is 63.3 Å². The zero-order chi connectivity index (χ0) is 19.5. The number of benzene rings is 2. The van der Waals surface area contributed by atoms with Crippen molar-refractivity contribution >= 4 is 5.97 Å². The number of nitrogens with two attached hydrogens (primary N) is 1. The van der Waals surface area contributed by atoms with Crippen LogP contribution in [-0.4, -0.2) is 11.1 Å². The van der Waals surface area contributed by atoms with Crippen molar-refractivity contribution in [1.29, 1.82) is 0 Å². The van der Waals surface area contributed by atoms with Gasteiger partial charge in [0.15, 0.2) is 0 Å². The fourth-order valence-electron chi connectivity index (χ4n) is 2.91. The van der Waals surface area contributed by atoms with Crippen LogP contribution in [0.25, 0.3) is 11.1 Å². The molecule has 0 aromatic heterocycles. The van der Waals surface area contributed by atoms with Gasteiger partial charge in [-0.15, -0.1) is 0 Å². The van der Waals surface area contributed by atoms with Crippen molar-refractivity contribution in [3.8, 4) is 11.1 Å². The fourth-order valence-corrected chi connectivity index (χ4v) is 2.91. The molecule has 2 rings (SSSR count). The fraction of sp³-hybridized carbons (Fsp3) is 0.350. The van der Waals surface area contributed by atoms with Gasteiger partial charge in [-0.25, -0.2) is 0 Å². The first-order chi connectivity index (χ1) is 12.1. The molecule has 0 fully saturated rings. The summed E-state index contributed by atoms with van der Waals surface area (Å²) in [6.45, 7) is 4.11. The van der Waals surface area contributed by atoms with Crippen LogP contribution in [0.1, 0.15) is 42.9 Å². The number of hydrogen-bond acceptors (Lipinski definition) is 2. The van der Waals surface area contributed by atoms with E-state index in [0.29, 0.717) is 23.1 Å². The van der Waals surface area contributed by atoms with Crippen molar-refractivity contribution < 1.29 is 23.1 Å². The molecular weight excluding hydrogens is 343 g/mol. The van der Waals surface area contributed by atoms with Crippen molar-refractivity contribution in [2.45, 2.75) is 38.9 Å². The highest BCUT2D eigenvalue weighted by molar-refractivity contribution is 5.77. The third kappa shape index (κ3) is 4.85. The van der Waals surface area contributed by atoms with E-state index < -0.39 is 23.6 Å². The average molecular weight is 365 g/mol. The predicted octanol–water partition coefficient (Wildman–Crippen LogP) is 5.05. The highest BCUT2D eigenvalue weighted by atomic mass is 19.4. The van der Waals surface area contributed by atoms with Crippen LogP contribution >= 0.6 is 0 Å². The maximum atomic E-state index is 12.7. The lowest BCUT2D eigenvalue weighted by atomic mass is 9.87. The molecular formula is C20H22F3NO2. The number of carboxylic acid groups (broad SMARTS) is 1. The van der Waals surface area contributed by atoms with E-state index in [0.717, 1.165) is 17.7 Å². The van der Waals surface area contributed by atoms with Crippen molar-refractivity contribution in [2.75, 3.05) is 0 Å². The van der Waals surface area contributed by atoms with Crippen molar-refractivity contribution in [3.05, 3.63) is 59.2 Å². The third-order valence-electron chi connectivity index (χ3n) is 4.20. The van der Waals surface area contributed by atoms with Gasteiger partial charge in [0.25, 0.3) is 0 Å². The van der Waals surface area contributed by atoms with Crippen LogP contribution in [0.2, 0.25) is 0 Å². The van der Waals surface area contributed by atoms with Gasteiger partial charge >= 0.3 is 12.1 Å². The van der Waals surface area contributed by atoms with Crippen LogP contribution in [-0.2, 0) is 17.5 Å². The summed E-state index contributed by atoms with van der Waals surface area (Å²) in [4.78, 5) is 11.7. The average Bonchev–Trinajstić information content (AvgIpc) is 2.58. The maximum Gasteiger partial charge on any atom is 0.416 e. The molecule has 2 aromatic rings. The molecule has 0 radical (unpaired) electrons. The smallest absolute Gasteiger partial charge is 0.416 e. The molecule has 0 aliphatic heterocycles. The first kappa shape index (κ1) is 20.0. The van der Waals surface area contributed by atoms with Gasteiger partial charge in [-0.2, -0.15) is 13.2 Å². The Labute approximate surface area is 150 Å². The van der Waals surface area contributed by atoms with Crippen LogP contribution < -0.4 is 5.73 Å². The zero-order valence-corrected chi connectivity index (χ0v) is 14.7. The summed E-state index contributed by atoms with van der Waals surface area (Å²) in [6.07, 6.45) is -3.93. The van der Waals surface area contributed by atoms with Gasteiger partial charge in [-0.05, 0) is 52.8 Å². The highest BCUT2D eigenvalue weighted by Gasteiger charge is 2.30. The van der Waals surface area contributed by atoms with E-state index in [1.807, 2.05) is 13.8 Å². The van der Waals surface area contributed by atoms with E-state index in [1.165, 1.54) is 12.1 Å². The second-order valence-electron chi connectivity index (χ2n) is 6.76. The quantitative estimate of drug-likeness (QED) is 0.753. The molecule has 1 unspecified atom stereocenters. The molecule has 3 N–H and O–H groups in total. The molecule has 0 amide bonds. The largest absolute Gasteiger partial charge is 0.481 e. The number of carboxylic acids is 1. The minimum Gasteiger partial charge on any atom is -0.481 e. The Kier molecular flexibility index (Phi) is 6.08. The summed E-state index contributed by atoms with van der Waals surface area (Å²) in [6, 6.07) is 10.1. The first-order valence-electron chi connectivity index (χ1n) is 8.36. The van der Waals surface area contributed by atoms with E-state index in [1.54, 1.807) is 18.2 Å². The van der Waals surface area contributed by atoms with Crippen LogP contribution in [0.15, 0.2) is 42.5 Å². The van der Waals surface area contributed by atoms with Gasteiger partial charge in [-0.1, -0.05) is 38.1 Å². The maximum absolute atomic E-state index is 12.7. The Bertz CT molecular complexity index is 768. The zero-order valence-electron chi connectivity index (χ0n) is 14.7. The predicted molar refractivity (Wildman–Crippen MR) is 94.6 cm³/mol. The van der Waals surface area contributed by atoms with Crippen molar-refractivity contribution in [2.24, 2.45) is 11.7 Å². The molecule has 26 heavy (non-hydrogen) atoms. The van der Waals surface area contributed by atoms with Crippen LogP contribution in [0.4, 0.5) is 13.2 Å². The monoisotopic (exact) mass is 365 g/mol. The summed E-state index contributed by atoms with van der Waals surface area (Å²) < 4.78 is 38.2. The van der Waals surface area contributed by atoms with Gasteiger partial charge in [0.1, 0.15) is 0 Å². The second-order valence-corrected chi connectivity index (χ2v) is 6.76. The summed E-state index contributed by atoms with van der Waals surface area (Å²) in [7, 11) is 0. The number of rotatable bonds is 6. The Morgan fingerprint density at radius 3 is 2.15 bits per heavy atom. The molecule has 2 aromatic carbocycles. The van der Waals surface area contributed by atoms with E-state index in [4.69, 9.17) is 5.73 Å². The summed E-state index contributed by atoms with van der Waals surface area (Å²) in [5.74, 6) is -1.42. The summed E-state index contributed by atoms with van der Waals surface area (Å²) in [5.41, 5.74) is 7.61. The number of hydrogen-bond donors (Lipinski definition) is 2. The molecule has 0 saturated heterocycles. The van der Waals surface area contributed by atoms with E-state index in [-0.39, 0.29) is 12.5 Å². The lowest BCUT2D eigenvalue weighted by molar-refractivity contribution is -0.139.